The lowest BCUT2D eigenvalue weighted by atomic mass is 10.2. The van der Waals surface area contributed by atoms with Gasteiger partial charge in [0, 0.05) is 10.9 Å². The van der Waals surface area contributed by atoms with Gasteiger partial charge in [-0.05, 0) is 41.0 Å². The molecule has 0 saturated carbocycles. The highest BCUT2D eigenvalue weighted by atomic mass is 79.9. The normalized spacial score (nSPS) is 10.7. The van der Waals surface area contributed by atoms with Gasteiger partial charge >= 0.3 is 5.97 Å². The van der Waals surface area contributed by atoms with Gasteiger partial charge in [0.25, 0.3) is 0 Å². The van der Waals surface area contributed by atoms with Crippen molar-refractivity contribution in [1.82, 2.24) is 15.5 Å². The fraction of sp³-hybridized carbons (Fsp3) is 0.308. The van der Waals surface area contributed by atoms with E-state index in [1.807, 2.05) is 24.3 Å². The molecule has 20 heavy (non-hydrogen) atoms. The van der Waals surface area contributed by atoms with Crippen LogP contribution in [0.15, 0.2) is 33.2 Å². The zero-order valence-corrected chi connectivity index (χ0v) is 12.3. The molecule has 0 unspecified atom stereocenters. The average molecular weight is 340 g/mol. The fourth-order valence-electron chi connectivity index (χ4n) is 1.63. The van der Waals surface area contributed by atoms with Crippen molar-refractivity contribution in [3.05, 3.63) is 34.6 Å². The maximum Gasteiger partial charge on any atom is 0.303 e. The molecule has 7 heteroatoms. The zero-order chi connectivity index (χ0) is 14.4. The molecule has 2 N–H and O–H groups in total. The molecule has 0 amide bonds. The van der Waals surface area contributed by atoms with Crippen LogP contribution in [0.5, 0.6) is 0 Å². The zero-order valence-electron chi connectivity index (χ0n) is 10.7. The maximum atomic E-state index is 10.4. The molecule has 0 aliphatic heterocycles. The number of benzene rings is 1. The quantitative estimate of drug-likeness (QED) is 0.753. The van der Waals surface area contributed by atoms with E-state index in [4.69, 9.17) is 9.52 Å². The summed E-state index contributed by atoms with van der Waals surface area (Å²) in [6, 6.07) is 7.61. The summed E-state index contributed by atoms with van der Waals surface area (Å²) < 4.78 is 6.44. The standard InChI is InChI=1S/C13H14BrN3O3/c14-10-5-2-1-4-9(10)13-17-16-11(20-13)8-15-7-3-6-12(18)19/h1-2,4-5,15H,3,6-8H2,(H,18,19). The molecule has 0 saturated heterocycles. The molecule has 1 aromatic heterocycles. The number of aliphatic carboxylic acids is 1. The first-order chi connectivity index (χ1) is 9.66. The summed E-state index contributed by atoms with van der Waals surface area (Å²) in [6.07, 6.45) is 0.722. The number of hydrogen-bond acceptors (Lipinski definition) is 5. The van der Waals surface area contributed by atoms with Crippen molar-refractivity contribution in [3.63, 3.8) is 0 Å². The lowest BCUT2D eigenvalue weighted by Crippen LogP contribution is -2.15. The third-order valence-electron chi connectivity index (χ3n) is 2.59. The highest BCUT2D eigenvalue weighted by Gasteiger charge is 2.10. The van der Waals surface area contributed by atoms with E-state index in [0.29, 0.717) is 31.3 Å². The lowest BCUT2D eigenvalue weighted by molar-refractivity contribution is -0.137. The summed E-state index contributed by atoms with van der Waals surface area (Å²) in [5, 5.41) is 19.5. The van der Waals surface area contributed by atoms with Gasteiger partial charge in [-0.15, -0.1) is 10.2 Å². The number of nitrogens with zero attached hydrogens (tertiary/aromatic N) is 2. The van der Waals surface area contributed by atoms with Crippen molar-refractivity contribution < 1.29 is 14.3 Å². The largest absolute Gasteiger partial charge is 0.481 e. The van der Waals surface area contributed by atoms with E-state index in [9.17, 15) is 4.79 Å². The van der Waals surface area contributed by atoms with Crippen molar-refractivity contribution in [3.8, 4) is 11.5 Å². The van der Waals surface area contributed by atoms with Crippen LogP contribution in [0, 0.1) is 0 Å². The molecule has 1 heterocycles. The van der Waals surface area contributed by atoms with Gasteiger partial charge in [-0.3, -0.25) is 4.79 Å². The molecule has 106 valence electrons. The number of carboxylic acids is 1. The Hall–Kier alpha value is -1.73. The van der Waals surface area contributed by atoms with E-state index in [2.05, 4.69) is 31.4 Å². The lowest BCUT2D eigenvalue weighted by Gasteiger charge is -1.99. The Kier molecular flexibility index (Phi) is 5.25. The van der Waals surface area contributed by atoms with E-state index in [-0.39, 0.29) is 6.42 Å². The maximum absolute atomic E-state index is 10.4. The summed E-state index contributed by atoms with van der Waals surface area (Å²) >= 11 is 3.43. The van der Waals surface area contributed by atoms with Crippen LogP contribution >= 0.6 is 15.9 Å². The van der Waals surface area contributed by atoms with Crippen LogP contribution < -0.4 is 5.32 Å². The average Bonchev–Trinajstić information content (AvgIpc) is 2.87. The number of halogens is 1. The Balaban J connectivity index is 1.87. The number of hydrogen-bond donors (Lipinski definition) is 2. The van der Waals surface area contributed by atoms with E-state index >= 15 is 0 Å². The first-order valence-corrected chi connectivity index (χ1v) is 6.96. The number of nitrogens with one attached hydrogen (secondary N) is 1. The van der Waals surface area contributed by atoms with Crippen LogP contribution in [0.2, 0.25) is 0 Å². The number of carbonyl (C=O) groups is 1. The SMILES string of the molecule is O=C(O)CCCNCc1nnc(-c2ccccc2Br)o1. The molecule has 0 bridgehead atoms. The second-order valence-electron chi connectivity index (χ2n) is 4.15. The van der Waals surface area contributed by atoms with E-state index in [1.165, 1.54) is 0 Å². The summed E-state index contributed by atoms with van der Waals surface area (Å²) in [5.74, 6) is 0.145. The molecule has 0 fully saturated rings. The third-order valence-corrected chi connectivity index (χ3v) is 3.28. The van der Waals surface area contributed by atoms with E-state index in [1.54, 1.807) is 0 Å². The molecule has 0 aliphatic carbocycles. The fourth-order valence-corrected chi connectivity index (χ4v) is 2.08. The molecule has 0 aliphatic rings. The topological polar surface area (TPSA) is 88.2 Å². The van der Waals surface area contributed by atoms with Crippen molar-refractivity contribution in [1.29, 1.82) is 0 Å². The predicted molar refractivity (Wildman–Crippen MR) is 76.0 cm³/mol. The summed E-state index contributed by atoms with van der Waals surface area (Å²) in [5.41, 5.74) is 0.845. The van der Waals surface area contributed by atoms with Gasteiger partial charge in [-0.1, -0.05) is 12.1 Å². The highest BCUT2D eigenvalue weighted by Crippen LogP contribution is 2.26. The second-order valence-corrected chi connectivity index (χ2v) is 5.01. The van der Waals surface area contributed by atoms with Crippen LogP contribution in [0.4, 0.5) is 0 Å². The minimum atomic E-state index is -0.791. The molecule has 2 aromatic rings. The van der Waals surface area contributed by atoms with Gasteiger partial charge in [0.1, 0.15) is 0 Å². The molecule has 6 nitrogen and oxygen atoms in total. The Morgan fingerprint density at radius 2 is 2.15 bits per heavy atom. The Morgan fingerprint density at radius 1 is 1.35 bits per heavy atom. The van der Waals surface area contributed by atoms with Crippen molar-refractivity contribution in [2.45, 2.75) is 19.4 Å². The molecule has 0 atom stereocenters. The third kappa shape index (κ3) is 4.14. The van der Waals surface area contributed by atoms with Crippen LogP contribution in [-0.2, 0) is 11.3 Å². The molecular weight excluding hydrogens is 326 g/mol. The Bertz CT molecular complexity index is 586. The van der Waals surface area contributed by atoms with Crippen molar-refractivity contribution >= 4 is 21.9 Å². The number of aromatic nitrogens is 2. The summed E-state index contributed by atoms with van der Waals surface area (Å²) in [7, 11) is 0. The molecule has 0 spiro atoms. The Morgan fingerprint density at radius 3 is 2.90 bits per heavy atom. The van der Waals surface area contributed by atoms with Crippen LogP contribution in [-0.4, -0.2) is 27.8 Å². The van der Waals surface area contributed by atoms with Gasteiger partial charge in [0.05, 0.1) is 12.1 Å². The van der Waals surface area contributed by atoms with Gasteiger partial charge < -0.3 is 14.8 Å². The summed E-state index contributed by atoms with van der Waals surface area (Å²) in [6.45, 7) is 1.02. The monoisotopic (exact) mass is 339 g/mol. The molecule has 2 rings (SSSR count). The van der Waals surface area contributed by atoms with E-state index < -0.39 is 5.97 Å². The summed E-state index contributed by atoms with van der Waals surface area (Å²) in [4.78, 5) is 10.4. The van der Waals surface area contributed by atoms with Crippen molar-refractivity contribution in [2.75, 3.05) is 6.54 Å². The van der Waals surface area contributed by atoms with Gasteiger partial charge in [0.15, 0.2) is 0 Å². The first kappa shape index (κ1) is 14.7. The Labute approximate surface area is 124 Å². The van der Waals surface area contributed by atoms with E-state index in [0.717, 1.165) is 10.0 Å². The number of rotatable bonds is 7. The molecule has 1 aromatic carbocycles. The van der Waals surface area contributed by atoms with Crippen molar-refractivity contribution in [2.24, 2.45) is 0 Å². The van der Waals surface area contributed by atoms with Crippen LogP contribution in [0.1, 0.15) is 18.7 Å². The number of carboxylic acid groups (broad SMARTS) is 1. The molecular formula is C13H14BrN3O3. The minimum absolute atomic E-state index is 0.152. The van der Waals surface area contributed by atoms with Crippen LogP contribution in [0.25, 0.3) is 11.5 Å². The second kappa shape index (κ2) is 7.16. The molecule has 0 radical (unpaired) electrons. The first-order valence-electron chi connectivity index (χ1n) is 6.16. The minimum Gasteiger partial charge on any atom is -0.481 e. The van der Waals surface area contributed by atoms with Gasteiger partial charge in [-0.25, -0.2) is 0 Å². The van der Waals surface area contributed by atoms with Gasteiger partial charge in [-0.2, -0.15) is 0 Å². The predicted octanol–water partition coefficient (Wildman–Crippen LogP) is 2.45. The van der Waals surface area contributed by atoms with Gasteiger partial charge in [0.2, 0.25) is 11.8 Å². The smallest absolute Gasteiger partial charge is 0.303 e. The highest BCUT2D eigenvalue weighted by molar-refractivity contribution is 9.10. The van der Waals surface area contributed by atoms with Crippen LogP contribution in [0.3, 0.4) is 0 Å².